The average molecular weight is 447 g/mol. The third-order valence-corrected chi connectivity index (χ3v) is 6.23. The molecule has 0 radical (unpaired) electrons. The zero-order chi connectivity index (χ0) is 21.7. The largest absolute Gasteiger partial charge is 0.459 e. The molecule has 0 bridgehead atoms. The molecule has 0 spiro atoms. The molecule has 0 saturated carbocycles. The second-order valence-electron chi connectivity index (χ2n) is 6.40. The lowest BCUT2D eigenvalue weighted by Crippen LogP contribution is -2.15. The molecule has 7 nitrogen and oxygen atoms in total. The van der Waals surface area contributed by atoms with Crippen molar-refractivity contribution in [3.05, 3.63) is 77.2 Å². The molecule has 2 amide bonds. The summed E-state index contributed by atoms with van der Waals surface area (Å²) < 4.78 is 30.5. The third kappa shape index (κ3) is 5.08. The number of benzene rings is 2. The number of hydrogen-bond acceptors (Lipinski definition) is 5. The van der Waals surface area contributed by atoms with Gasteiger partial charge in [-0.2, -0.15) is 0 Å². The Kier molecular flexibility index (Phi) is 6.59. The van der Waals surface area contributed by atoms with Gasteiger partial charge in [0.1, 0.15) is 0 Å². The third-order valence-electron chi connectivity index (χ3n) is 4.22. The maximum absolute atomic E-state index is 12.7. The maximum Gasteiger partial charge on any atom is 0.291 e. The van der Waals surface area contributed by atoms with Crippen LogP contribution in [0.15, 0.2) is 70.2 Å². The second-order valence-corrected chi connectivity index (χ2v) is 8.79. The topological polar surface area (TPSA) is 105 Å². The minimum Gasteiger partial charge on any atom is -0.459 e. The summed E-state index contributed by atoms with van der Waals surface area (Å²) in [6.07, 6.45) is 1.56. The van der Waals surface area contributed by atoms with E-state index >= 15 is 0 Å². The summed E-state index contributed by atoms with van der Waals surface area (Å²) in [6.45, 7) is 1.72. The first-order valence-electron chi connectivity index (χ1n) is 9.05. The zero-order valence-electron chi connectivity index (χ0n) is 16.0. The molecule has 0 aliphatic heterocycles. The van der Waals surface area contributed by atoms with Crippen LogP contribution in [0.25, 0.3) is 0 Å². The minimum absolute atomic E-state index is 0.131. The predicted octanol–water partition coefficient (Wildman–Crippen LogP) is 4.51. The Labute approximate surface area is 179 Å². The SMILES string of the molecule is CCC(=O)Nc1ccc(Cl)c(NC(=O)c2occc2CS(=O)(=O)c2ccccc2)c1. The highest BCUT2D eigenvalue weighted by molar-refractivity contribution is 7.90. The van der Waals surface area contributed by atoms with E-state index in [4.69, 9.17) is 16.0 Å². The Morgan fingerprint density at radius 1 is 1.03 bits per heavy atom. The smallest absolute Gasteiger partial charge is 0.291 e. The van der Waals surface area contributed by atoms with Crippen LogP contribution in [0.1, 0.15) is 29.5 Å². The standard InChI is InChI=1S/C21H19ClN2O5S/c1-2-19(25)23-15-8-9-17(22)18(12-15)24-21(26)20-14(10-11-29-20)13-30(27,28)16-6-4-3-5-7-16/h3-12H,2,13H2,1H3,(H,23,25)(H,24,26). The molecule has 0 saturated heterocycles. The number of halogens is 1. The summed E-state index contributed by atoms with van der Waals surface area (Å²) in [4.78, 5) is 24.4. The Morgan fingerprint density at radius 3 is 2.47 bits per heavy atom. The van der Waals surface area contributed by atoms with Crippen LogP contribution in [0.2, 0.25) is 5.02 Å². The molecule has 1 heterocycles. The van der Waals surface area contributed by atoms with Crippen molar-refractivity contribution in [3.63, 3.8) is 0 Å². The van der Waals surface area contributed by atoms with E-state index in [0.717, 1.165) is 0 Å². The molecule has 3 aromatic rings. The van der Waals surface area contributed by atoms with Crippen molar-refractivity contribution in [3.8, 4) is 0 Å². The Bertz CT molecular complexity index is 1170. The van der Waals surface area contributed by atoms with Gasteiger partial charge in [-0.3, -0.25) is 9.59 Å². The van der Waals surface area contributed by atoms with Crippen LogP contribution in [0.3, 0.4) is 0 Å². The number of amides is 2. The number of hydrogen-bond donors (Lipinski definition) is 2. The van der Waals surface area contributed by atoms with E-state index < -0.39 is 21.5 Å². The lowest BCUT2D eigenvalue weighted by Gasteiger charge is -2.10. The van der Waals surface area contributed by atoms with Crippen LogP contribution in [0.5, 0.6) is 0 Å². The fourth-order valence-corrected chi connectivity index (χ4v) is 4.23. The van der Waals surface area contributed by atoms with Crippen LogP contribution < -0.4 is 10.6 Å². The molecule has 2 aromatic carbocycles. The highest BCUT2D eigenvalue weighted by Gasteiger charge is 2.23. The number of rotatable bonds is 7. The number of nitrogens with one attached hydrogen (secondary N) is 2. The van der Waals surface area contributed by atoms with Gasteiger partial charge >= 0.3 is 0 Å². The molecular formula is C21H19ClN2O5S. The molecule has 0 fully saturated rings. The van der Waals surface area contributed by atoms with Gasteiger partial charge in [-0.25, -0.2) is 8.42 Å². The highest BCUT2D eigenvalue weighted by Crippen LogP contribution is 2.27. The van der Waals surface area contributed by atoms with Crippen molar-refractivity contribution in [2.45, 2.75) is 24.0 Å². The quantitative estimate of drug-likeness (QED) is 0.555. The molecule has 2 N–H and O–H groups in total. The molecule has 9 heteroatoms. The molecule has 1 aromatic heterocycles. The molecular weight excluding hydrogens is 428 g/mol. The maximum atomic E-state index is 12.7. The van der Waals surface area contributed by atoms with Crippen molar-refractivity contribution in [2.24, 2.45) is 0 Å². The predicted molar refractivity (Wildman–Crippen MR) is 114 cm³/mol. The van der Waals surface area contributed by atoms with Crippen molar-refractivity contribution < 1.29 is 22.4 Å². The van der Waals surface area contributed by atoms with Crippen molar-refractivity contribution in [1.82, 2.24) is 0 Å². The molecule has 0 aliphatic carbocycles. The first-order valence-corrected chi connectivity index (χ1v) is 11.1. The van der Waals surface area contributed by atoms with E-state index in [9.17, 15) is 18.0 Å². The van der Waals surface area contributed by atoms with Crippen molar-refractivity contribution in [2.75, 3.05) is 10.6 Å². The van der Waals surface area contributed by atoms with Gasteiger partial charge in [0, 0.05) is 17.7 Å². The van der Waals surface area contributed by atoms with E-state index in [2.05, 4.69) is 10.6 Å². The van der Waals surface area contributed by atoms with Gasteiger partial charge in [-0.1, -0.05) is 36.7 Å². The lowest BCUT2D eigenvalue weighted by atomic mass is 10.2. The number of furan rings is 1. The second kappa shape index (κ2) is 9.15. The van der Waals surface area contributed by atoms with Gasteiger partial charge < -0.3 is 15.1 Å². The monoisotopic (exact) mass is 446 g/mol. The summed E-state index contributed by atoms with van der Waals surface area (Å²) in [5, 5.41) is 5.53. The van der Waals surface area contributed by atoms with E-state index in [1.807, 2.05) is 0 Å². The van der Waals surface area contributed by atoms with Crippen LogP contribution in [-0.4, -0.2) is 20.2 Å². The molecule has 0 aliphatic rings. The Balaban J connectivity index is 1.81. The van der Waals surface area contributed by atoms with Crippen molar-refractivity contribution >= 4 is 44.6 Å². The normalized spacial score (nSPS) is 11.1. The zero-order valence-corrected chi connectivity index (χ0v) is 17.6. The summed E-state index contributed by atoms with van der Waals surface area (Å²) in [5.74, 6) is -1.36. The van der Waals surface area contributed by atoms with Gasteiger partial charge in [0.25, 0.3) is 5.91 Å². The van der Waals surface area contributed by atoms with E-state index in [1.54, 1.807) is 31.2 Å². The summed E-state index contributed by atoms with van der Waals surface area (Å²) in [5.41, 5.74) is 0.944. The lowest BCUT2D eigenvalue weighted by molar-refractivity contribution is -0.115. The van der Waals surface area contributed by atoms with Gasteiger partial charge in [0.2, 0.25) is 5.91 Å². The molecule has 30 heavy (non-hydrogen) atoms. The fourth-order valence-electron chi connectivity index (χ4n) is 2.69. The first-order chi connectivity index (χ1) is 14.3. The summed E-state index contributed by atoms with van der Waals surface area (Å²) in [6, 6.07) is 14.0. The molecule has 3 rings (SSSR count). The first kappa shape index (κ1) is 21.6. The van der Waals surface area contributed by atoms with Crippen LogP contribution in [-0.2, 0) is 20.4 Å². The van der Waals surface area contributed by atoms with Crippen LogP contribution >= 0.6 is 11.6 Å². The van der Waals surface area contributed by atoms with Gasteiger partial charge in [-0.05, 0) is 36.4 Å². The van der Waals surface area contributed by atoms with Gasteiger partial charge in [-0.15, -0.1) is 0 Å². The average Bonchev–Trinajstić information content (AvgIpc) is 3.18. The molecule has 0 unspecified atom stereocenters. The highest BCUT2D eigenvalue weighted by atomic mass is 35.5. The van der Waals surface area contributed by atoms with Crippen molar-refractivity contribution in [1.29, 1.82) is 0 Å². The molecule has 0 atom stereocenters. The Hall–Kier alpha value is -3.10. The van der Waals surface area contributed by atoms with Crippen LogP contribution in [0.4, 0.5) is 11.4 Å². The summed E-state index contributed by atoms with van der Waals surface area (Å²) in [7, 11) is -3.66. The van der Waals surface area contributed by atoms with E-state index in [0.29, 0.717) is 12.1 Å². The minimum atomic E-state index is -3.66. The van der Waals surface area contributed by atoms with E-state index in [1.165, 1.54) is 36.6 Å². The van der Waals surface area contributed by atoms with Crippen LogP contribution in [0, 0.1) is 0 Å². The number of anilines is 2. The number of sulfone groups is 1. The number of carbonyl (C=O) groups excluding carboxylic acids is 2. The van der Waals surface area contributed by atoms with Gasteiger partial charge in [0.15, 0.2) is 15.6 Å². The molecule has 156 valence electrons. The number of carbonyl (C=O) groups is 2. The summed E-state index contributed by atoms with van der Waals surface area (Å²) >= 11 is 6.14. The van der Waals surface area contributed by atoms with E-state index in [-0.39, 0.29) is 32.8 Å². The fraction of sp³-hybridized carbons (Fsp3) is 0.143. The Morgan fingerprint density at radius 2 is 1.77 bits per heavy atom. The van der Waals surface area contributed by atoms with Gasteiger partial charge in [0.05, 0.1) is 27.6 Å².